The van der Waals surface area contributed by atoms with Gasteiger partial charge in [0, 0.05) is 24.2 Å². The lowest BCUT2D eigenvalue weighted by atomic mass is 10.3. The van der Waals surface area contributed by atoms with Crippen molar-refractivity contribution in [3.05, 3.63) is 42.6 Å². The van der Waals surface area contributed by atoms with Crippen molar-refractivity contribution in [3.63, 3.8) is 0 Å². The molecule has 0 fully saturated rings. The third kappa shape index (κ3) is 2.63. The van der Waals surface area contributed by atoms with Crippen LogP contribution in [0.25, 0.3) is 0 Å². The van der Waals surface area contributed by atoms with Crippen LogP contribution in [0, 0.1) is 6.92 Å². The van der Waals surface area contributed by atoms with Gasteiger partial charge in [-0.2, -0.15) is 0 Å². The van der Waals surface area contributed by atoms with Crippen molar-refractivity contribution in [2.75, 3.05) is 10.9 Å². The normalized spacial score (nSPS) is 9.67. The van der Waals surface area contributed by atoms with E-state index in [0.717, 1.165) is 17.2 Å². The zero-order valence-corrected chi connectivity index (χ0v) is 8.31. The number of hydrazine groups is 1. The fraction of sp³-hybridized carbons (Fsp3) is 0.100. The van der Waals surface area contributed by atoms with Crippen LogP contribution in [0.4, 0.5) is 11.5 Å². The van der Waals surface area contributed by atoms with Crippen molar-refractivity contribution in [1.29, 1.82) is 0 Å². The van der Waals surface area contributed by atoms with Gasteiger partial charge in [0.1, 0.15) is 12.1 Å². The van der Waals surface area contributed by atoms with E-state index in [2.05, 4.69) is 25.8 Å². The Balaban J connectivity index is 1.99. The zero-order valence-electron chi connectivity index (χ0n) is 8.31. The lowest BCUT2D eigenvalue weighted by Gasteiger charge is -2.08. The molecule has 0 radical (unpaired) electrons. The number of aryl methyl sites for hydroxylation is 1. The van der Waals surface area contributed by atoms with Crippen LogP contribution in [0.3, 0.4) is 0 Å². The second kappa shape index (κ2) is 4.36. The minimum atomic E-state index is 0.722. The summed E-state index contributed by atoms with van der Waals surface area (Å²) in [7, 11) is 0. The van der Waals surface area contributed by atoms with Gasteiger partial charge in [0.25, 0.3) is 0 Å². The summed E-state index contributed by atoms with van der Waals surface area (Å²) in [6.07, 6.45) is 4.91. The lowest BCUT2D eigenvalue weighted by Crippen LogP contribution is -2.10. The lowest BCUT2D eigenvalue weighted by molar-refractivity contribution is 1.15. The predicted molar refractivity (Wildman–Crippen MR) is 58.3 cm³/mol. The number of rotatable bonds is 3. The first-order chi connectivity index (χ1) is 7.34. The molecular weight excluding hydrogens is 190 g/mol. The summed E-state index contributed by atoms with van der Waals surface area (Å²) in [5, 5.41) is 0. The van der Waals surface area contributed by atoms with E-state index in [-0.39, 0.29) is 0 Å². The second-order valence-corrected chi connectivity index (χ2v) is 3.03. The van der Waals surface area contributed by atoms with E-state index in [9.17, 15) is 0 Å². The molecule has 2 heterocycles. The van der Waals surface area contributed by atoms with Crippen LogP contribution in [-0.4, -0.2) is 15.0 Å². The molecule has 2 N–H and O–H groups in total. The average Bonchev–Trinajstić information content (AvgIpc) is 2.28. The number of aromatic nitrogens is 3. The molecule has 0 aliphatic heterocycles. The fourth-order valence-corrected chi connectivity index (χ4v) is 1.12. The van der Waals surface area contributed by atoms with Crippen LogP contribution in [0.5, 0.6) is 0 Å². The highest BCUT2D eigenvalue weighted by Crippen LogP contribution is 2.07. The molecule has 15 heavy (non-hydrogen) atoms. The molecule has 0 unspecified atom stereocenters. The first-order valence-electron chi connectivity index (χ1n) is 4.55. The molecule has 0 aliphatic rings. The van der Waals surface area contributed by atoms with Crippen LogP contribution in [0.1, 0.15) is 5.69 Å². The van der Waals surface area contributed by atoms with Crippen molar-refractivity contribution >= 4 is 11.5 Å². The zero-order chi connectivity index (χ0) is 10.5. The Morgan fingerprint density at radius 3 is 2.73 bits per heavy atom. The molecule has 0 amide bonds. The first-order valence-corrected chi connectivity index (χ1v) is 4.55. The van der Waals surface area contributed by atoms with Crippen molar-refractivity contribution in [2.45, 2.75) is 6.92 Å². The summed E-state index contributed by atoms with van der Waals surface area (Å²) >= 11 is 0. The van der Waals surface area contributed by atoms with E-state index in [1.165, 1.54) is 6.33 Å². The molecular formula is C10H11N5. The fourth-order valence-electron chi connectivity index (χ4n) is 1.12. The van der Waals surface area contributed by atoms with E-state index in [1.807, 2.05) is 19.1 Å². The molecule has 5 heteroatoms. The van der Waals surface area contributed by atoms with Crippen LogP contribution in [0.15, 0.2) is 36.9 Å². The van der Waals surface area contributed by atoms with Gasteiger partial charge in [-0.3, -0.25) is 15.8 Å². The molecule has 0 saturated heterocycles. The van der Waals surface area contributed by atoms with Gasteiger partial charge in [0.2, 0.25) is 0 Å². The highest BCUT2D eigenvalue weighted by atomic mass is 15.4. The first kappa shape index (κ1) is 9.39. The van der Waals surface area contributed by atoms with Crippen molar-refractivity contribution in [2.24, 2.45) is 0 Å². The highest BCUT2D eigenvalue weighted by Gasteiger charge is 1.93. The van der Waals surface area contributed by atoms with Gasteiger partial charge in [0.05, 0.1) is 5.69 Å². The Kier molecular flexibility index (Phi) is 2.73. The van der Waals surface area contributed by atoms with E-state index in [4.69, 9.17) is 0 Å². The molecule has 2 aromatic rings. The monoisotopic (exact) mass is 201 g/mol. The minimum absolute atomic E-state index is 0.722. The Hall–Kier alpha value is -2.17. The third-order valence-corrected chi connectivity index (χ3v) is 1.81. The van der Waals surface area contributed by atoms with Crippen LogP contribution in [0.2, 0.25) is 0 Å². The smallest absolute Gasteiger partial charge is 0.147 e. The van der Waals surface area contributed by atoms with Gasteiger partial charge in [-0.1, -0.05) is 0 Å². The van der Waals surface area contributed by atoms with Crippen LogP contribution >= 0.6 is 0 Å². The summed E-state index contributed by atoms with van der Waals surface area (Å²) < 4.78 is 0. The summed E-state index contributed by atoms with van der Waals surface area (Å²) in [4.78, 5) is 11.9. The maximum atomic E-state index is 4.10. The van der Waals surface area contributed by atoms with Gasteiger partial charge in [-0.15, -0.1) is 0 Å². The maximum Gasteiger partial charge on any atom is 0.147 e. The van der Waals surface area contributed by atoms with Crippen LogP contribution < -0.4 is 10.9 Å². The summed E-state index contributed by atoms with van der Waals surface area (Å²) in [6.45, 7) is 1.94. The topological polar surface area (TPSA) is 62.7 Å². The molecule has 0 aromatic carbocycles. The average molecular weight is 201 g/mol. The third-order valence-electron chi connectivity index (χ3n) is 1.81. The van der Waals surface area contributed by atoms with Gasteiger partial charge in [-0.05, 0) is 19.1 Å². The summed E-state index contributed by atoms with van der Waals surface area (Å²) in [5.41, 5.74) is 7.89. The van der Waals surface area contributed by atoms with Crippen molar-refractivity contribution < 1.29 is 0 Å². The number of nitrogens with zero attached hydrogens (tertiary/aromatic N) is 3. The van der Waals surface area contributed by atoms with Gasteiger partial charge >= 0.3 is 0 Å². The predicted octanol–water partition coefficient (Wildman–Crippen LogP) is 1.62. The standard InChI is InChI=1S/C10H11N5/c1-8-6-9(2-5-12-8)14-15-10-3-4-11-7-13-10/h2-7H,1H3,(H,12,14)(H,11,13,15). The highest BCUT2D eigenvalue weighted by molar-refractivity contribution is 5.48. The molecule has 5 nitrogen and oxygen atoms in total. The number of anilines is 2. The quantitative estimate of drug-likeness (QED) is 0.739. The SMILES string of the molecule is Cc1cc(NNc2ccncn2)ccn1. The molecule has 0 atom stereocenters. The van der Waals surface area contributed by atoms with E-state index >= 15 is 0 Å². The van der Waals surface area contributed by atoms with E-state index < -0.39 is 0 Å². The Labute approximate surface area is 87.6 Å². The second-order valence-electron chi connectivity index (χ2n) is 3.03. The number of hydrogen-bond donors (Lipinski definition) is 2. The molecule has 0 saturated carbocycles. The molecule has 0 bridgehead atoms. The Bertz CT molecular complexity index is 429. The van der Waals surface area contributed by atoms with Gasteiger partial charge < -0.3 is 0 Å². The van der Waals surface area contributed by atoms with Gasteiger partial charge in [0.15, 0.2) is 0 Å². The summed E-state index contributed by atoms with van der Waals surface area (Å²) in [6, 6.07) is 5.59. The van der Waals surface area contributed by atoms with E-state index in [0.29, 0.717) is 0 Å². The Morgan fingerprint density at radius 1 is 1.07 bits per heavy atom. The molecule has 0 aliphatic carbocycles. The Morgan fingerprint density at radius 2 is 2.00 bits per heavy atom. The number of nitrogens with one attached hydrogen (secondary N) is 2. The number of hydrogen-bond acceptors (Lipinski definition) is 5. The van der Waals surface area contributed by atoms with Crippen molar-refractivity contribution in [3.8, 4) is 0 Å². The molecule has 0 spiro atoms. The molecule has 2 rings (SSSR count). The molecule has 2 aromatic heterocycles. The van der Waals surface area contributed by atoms with Gasteiger partial charge in [-0.25, -0.2) is 9.97 Å². The van der Waals surface area contributed by atoms with Crippen LogP contribution in [-0.2, 0) is 0 Å². The minimum Gasteiger partial charge on any atom is -0.300 e. The number of pyridine rings is 1. The van der Waals surface area contributed by atoms with E-state index in [1.54, 1.807) is 18.5 Å². The summed E-state index contributed by atoms with van der Waals surface area (Å²) in [5.74, 6) is 0.722. The van der Waals surface area contributed by atoms with Crippen molar-refractivity contribution in [1.82, 2.24) is 15.0 Å². The maximum absolute atomic E-state index is 4.10. The largest absolute Gasteiger partial charge is 0.300 e. The molecule has 76 valence electrons.